The highest BCUT2D eigenvalue weighted by atomic mass is 16.5. The van der Waals surface area contributed by atoms with Crippen LogP contribution in [0.1, 0.15) is 17.3 Å². The number of Topliss-reactive ketones (excluding diaryl/α,β-unsaturated/α-hetero) is 1. The van der Waals surface area contributed by atoms with E-state index in [-0.39, 0.29) is 12.4 Å². The monoisotopic (exact) mass is 310 g/mol. The molecule has 3 aromatic rings. The summed E-state index contributed by atoms with van der Waals surface area (Å²) in [6.07, 6.45) is 4.89. The molecule has 3 rings (SSSR count). The first-order valence-electron chi connectivity index (χ1n) is 6.99. The smallest absolute Gasteiger partial charge is 0.303 e. The molecular formula is C17H14N2O4. The molecule has 2 aromatic heterocycles. The summed E-state index contributed by atoms with van der Waals surface area (Å²) in [6, 6.07) is 8.95. The van der Waals surface area contributed by atoms with Crippen molar-refractivity contribution >= 4 is 22.7 Å². The third-order valence-electron chi connectivity index (χ3n) is 3.23. The normalized spacial score (nSPS) is 10.5. The van der Waals surface area contributed by atoms with Crippen molar-refractivity contribution in [2.24, 2.45) is 0 Å². The number of aromatic nitrogens is 2. The number of carbonyl (C=O) groups is 2. The lowest BCUT2D eigenvalue weighted by atomic mass is 10.1. The molecule has 0 unspecified atom stereocenters. The fourth-order valence-corrected chi connectivity index (χ4v) is 2.19. The maximum Gasteiger partial charge on any atom is 0.303 e. The fourth-order valence-electron chi connectivity index (χ4n) is 2.19. The van der Waals surface area contributed by atoms with E-state index in [4.69, 9.17) is 9.47 Å². The molecule has 0 aliphatic carbocycles. The minimum absolute atomic E-state index is 0.257. The summed E-state index contributed by atoms with van der Waals surface area (Å²) in [5.74, 6) is 0.522. The van der Waals surface area contributed by atoms with E-state index in [0.29, 0.717) is 17.1 Å². The first-order valence-corrected chi connectivity index (χ1v) is 6.99. The van der Waals surface area contributed by atoms with Crippen molar-refractivity contribution in [3.63, 3.8) is 0 Å². The van der Waals surface area contributed by atoms with E-state index < -0.39 is 5.97 Å². The van der Waals surface area contributed by atoms with Crippen molar-refractivity contribution in [3.05, 3.63) is 54.5 Å². The summed E-state index contributed by atoms with van der Waals surface area (Å²) in [4.78, 5) is 29.9. The first-order chi connectivity index (χ1) is 11.1. The molecule has 0 radical (unpaired) electrons. The Morgan fingerprint density at radius 3 is 2.83 bits per heavy atom. The Bertz CT molecular complexity index is 855. The van der Waals surface area contributed by atoms with Crippen molar-refractivity contribution in [2.45, 2.75) is 6.92 Å². The van der Waals surface area contributed by atoms with Gasteiger partial charge in [0.1, 0.15) is 11.5 Å². The highest BCUT2D eigenvalue weighted by Crippen LogP contribution is 2.26. The van der Waals surface area contributed by atoms with Gasteiger partial charge in [0, 0.05) is 41.9 Å². The molecular weight excluding hydrogens is 296 g/mol. The minimum atomic E-state index is -0.481. The number of carbonyl (C=O) groups excluding carboxylic acids is 2. The molecule has 0 saturated carbocycles. The second-order valence-corrected chi connectivity index (χ2v) is 4.90. The Balaban J connectivity index is 1.82. The van der Waals surface area contributed by atoms with Crippen molar-refractivity contribution in [1.29, 1.82) is 0 Å². The predicted octanol–water partition coefficient (Wildman–Crippen LogP) is 3.10. The zero-order chi connectivity index (χ0) is 16.2. The minimum Gasteiger partial charge on any atom is -0.457 e. The van der Waals surface area contributed by atoms with Crippen LogP contribution in [0, 0.1) is 0 Å². The van der Waals surface area contributed by atoms with Crippen molar-refractivity contribution in [3.8, 4) is 11.5 Å². The Labute approximate surface area is 132 Å². The third kappa shape index (κ3) is 3.37. The van der Waals surface area contributed by atoms with Crippen LogP contribution in [0.5, 0.6) is 11.5 Å². The lowest BCUT2D eigenvalue weighted by Crippen LogP contribution is -2.11. The molecule has 6 nitrogen and oxygen atoms in total. The van der Waals surface area contributed by atoms with Gasteiger partial charge < -0.3 is 14.5 Å². The van der Waals surface area contributed by atoms with Crippen molar-refractivity contribution in [2.75, 3.05) is 6.61 Å². The van der Waals surface area contributed by atoms with Crippen LogP contribution in [0.25, 0.3) is 10.9 Å². The summed E-state index contributed by atoms with van der Waals surface area (Å²) in [5.41, 5.74) is 1.24. The molecule has 0 amide bonds. The Kier molecular flexibility index (Phi) is 4.05. The first kappa shape index (κ1) is 14.8. The molecule has 1 N–H and O–H groups in total. The SMILES string of the molecule is CC(=O)OCC(=O)c1c[nH]c2cc(Oc3cccnc3)ccc12. The second-order valence-electron chi connectivity index (χ2n) is 4.90. The van der Waals surface area contributed by atoms with E-state index in [0.717, 1.165) is 10.9 Å². The highest BCUT2D eigenvalue weighted by molar-refractivity contribution is 6.09. The van der Waals surface area contributed by atoms with Crippen LogP contribution in [-0.2, 0) is 9.53 Å². The van der Waals surface area contributed by atoms with Crippen LogP contribution < -0.4 is 4.74 Å². The van der Waals surface area contributed by atoms with E-state index in [2.05, 4.69) is 9.97 Å². The number of benzene rings is 1. The van der Waals surface area contributed by atoms with Crippen LogP contribution in [-0.4, -0.2) is 28.3 Å². The molecule has 0 atom stereocenters. The number of nitrogens with one attached hydrogen (secondary N) is 1. The molecule has 0 spiro atoms. The number of fused-ring (bicyclic) bond motifs is 1. The zero-order valence-electron chi connectivity index (χ0n) is 12.4. The quantitative estimate of drug-likeness (QED) is 0.578. The maximum absolute atomic E-state index is 12.1. The van der Waals surface area contributed by atoms with E-state index in [1.54, 1.807) is 48.9 Å². The van der Waals surface area contributed by atoms with Crippen molar-refractivity contribution in [1.82, 2.24) is 9.97 Å². The van der Waals surface area contributed by atoms with E-state index >= 15 is 0 Å². The second kappa shape index (κ2) is 6.31. The largest absolute Gasteiger partial charge is 0.457 e. The number of aromatic amines is 1. The molecule has 0 aliphatic rings. The number of nitrogens with zero attached hydrogens (tertiary/aromatic N) is 1. The Morgan fingerprint density at radius 1 is 1.22 bits per heavy atom. The number of hydrogen-bond donors (Lipinski definition) is 1. The number of esters is 1. The van der Waals surface area contributed by atoms with Gasteiger partial charge in [-0.15, -0.1) is 0 Å². The van der Waals surface area contributed by atoms with Gasteiger partial charge in [0.25, 0.3) is 0 Å². The zero-order valence-corrected chi connectivity index (χ0v) is 12.4. The average Bonchev–Trinajstić information content (AvgIpc) is 2.97. The van der Waals surface area contributed by atoms with E-state index in [1.807, 2.05) is 0 Å². The molecule has 2 heterocycles. The molecule has 0 fully saturated rings. The van der Waals surface area contributed by atoms with Gasteiger partial charge in [-0.2, -0.15) is 0 Å². The van der Waals surface area contributed by atoms with Crippen LogP contribution in [0.4, 0.5) is 0 Å². The van der Waals surface area contributed by atoms with Gasteiger partial charge in [-0.25, -0.2) is 0 Å². The van der Waals surface area contributed by atoms with Gasteiger partial charge in [-0.1, -0.05) is 0 Å². The average molecular weight is 310 g/mol. The van der Waals surface area contributed by atoms with E-state index in [1.165, 1.54) is 6.92 Å². The number of ether oxygens (including phenoxy) is 2. The van der Waals surface area contributed by atoms with Gasteiger partial charge >= 0.3 is 5.97 Å². The van der Waals surface area contributed by atoms with Crippen LogP contribution >= 0.6 is 0 Å². The van der Waals surface area contributed by atoms with Crippen LogP contribution in [0.15, 0.2) is 48.9 Å². The number of H-pyrrole nitrogens is 1. The molecule has 0 saturated heterocycles. The number of ketones is 1. The van der Waals surface area contributed by atoms with Crippen molar-refractivity contribution < 1.29 is 19.1 Å². The summed E-state index contributed by atoms with van der Waals surface area (Å²) in [7, 11) is 0. The summed E-state index contributed by atoms with van der Waals surface area (Å²) >= 11 is 0. The van der Waals surface area contributed by atoms with Gasteiger partial charge in [0.15, 0.2) is 6.61 Å². The predicted molar refractivity (Wildman–Crippen MR) is 83.6 cm³/mol. The molecule has 23 heavy (non-hydrogen) atoms. The maximum atomic E-state index is 12.1. The topological polar surface area (TPSA) is 81.3 Å². The molecule has 0 bridgehead atoms. The lowest BCUT2D eigenvalue weighted by molar-refractivity contribution is -0.139. The third-order valence-corrected chi connectivity index (χ3v) is 3.23. The highest BCUT2D eigenvalue weighted by Gasteiger charge is 2.14. The summed E-state index contributed by atoms with van der Waals surface area (Å²) < 4.78 is 10.4. The van der Waals surface area contributed by atoms with Gasteiger partial charge in [-0.05, 0) is 24.3 Å². The summed E-state index contributed by atoms with van der Waals surface area (Å²) in [5, 5.41) is 0.751. The van der Waals surface area contributed by atoms with E-state index in [9.17, 15) is 9.59 Å². The Hall–Kier alpha value is -3.15. The van der Waals surface area contributed by atoms with Gasteiger partial charge in [0.2, 0.25) is 5.78 Å². The van der Waals surface area contributed by atoms with Crippen LogP contribution in [0.2, 0.25) is 0 Å². The van der Waals surface area contributed by atoms with Gasteiger partial charge in [0.05, 0.1) is 6.20 Å². The molecule has 6 heteroatoms. The standard InChI is InChI=1S/C17H14N2O4/c1-11(20)22-10-17(21)15-9-19-16-7-12(4-5-14(15)16)23-13-3-2-6-18-8-13/h2-9,19H,10H2,1H3. The van der Waals surface area contributed by atoms with Gasteiger partial charge in [-0.3, -0.25) is 14.6 Å². The van der Waals surface area contributed by atoms with Crippen LogP contribution in [0.3, 0.4) is 0 Å². The number of pyridine rings is 1. The molecule has 0 aliphatic heterocycles. The fraction of sp³-hybridized carbons (Fsp3) is 0.118. The Morgan fingerprint density at radius 2 is 2.09 bits per heavy atom. The summed E-state index contributed by atoms with van der Waals surface area (Å²) in [6.45, 7) is 1.00. The lowest BCUT2D eigenvalue weighted by Gasteiger charge is -2.05. The number of rotatable bonds is 5. The number of hydrogen-bond acceptors (Lipinski definition) is 5. The molecule has 1 aromatic carbocycles. The molecule has 116 valence electrons.